The summed E-state index contributed by atoms with van der Waals surface area (Å²) in [7, 11) is -3.06. The second kappa shape index (κ2) is 7.51. The Morgan fingerprint density at radius 3 is 2.39 bits per heavy atom. The van der Waals surface area contributed by atoms with Gasteiger partial charge >= 0.3 is 11.9 Å². The molecule has 0 bridgehead atoms. The maximum atomic E-state index is 13.9. The average molecular weight is 347 g/mol. The predicted octanol–water partition coefficient (Wildman–Crippen LogP) is 0.929. The van der Waals surface area contributed by atoms with Crippen molar-refractivity contribution >= 4 is 22.0 Å². The van der Waals surface area contributed by atoms with Gasteiger partial charge in [-0.05, 0) is 23.6 Å². The van der Waals surface area contributed by atoms with Crippen LogP contribution in [0, 0.1) is 11.7 Å². The Kier molecular flexibility index (Phi) is 6.22. The summed E-state index contributed by atoms with van der Waals surface area (Å²) < 4.78 is 44.7. The second-order valence-electron chi connectivity index (χ2n) is 5.19. The van der Waals surface area contributed by atoms with Crippen LogP contribution in [0.1, 0.15) is 19.4 Å². The van der Waals surface area contributed by atoms with E-state index < -0.39 is 44.6 Å². The van der Waals surface area contributed by atoms with E-state index in [2.05, 4.69) is 4.74 Å². The molecule has 0 amide bonds. The lowest BCUT2D eigenvalue weighted by atomic mass is 10.1. The molecule has 1 unspecified atom stereocenters. The third-order valence-electron chi connectivity index (χ3n) is 3.11. The zero-order chi connectivity index (χ0) is 17.8. The van der Waals surface area contributed by atoms with Crippen LogP contribution in [0.2, 0.25) is 0 Å². The number of nitrogens with one attached hydrogen (secondary N) is 1. The first-order valence-electron chi connectivity index (χ1n) is 6.69. The third-order valence-corrected chi connectivity index (χ3v) is 4.55. The number of ether oxygens (including phenoxy) is 1. The molecule has 2 N–H and O–H groups in total. The molecular formula is C14H18FNO6S. The molecule has 0 heterocycles. The van der Waals surface area contributed by atoms with Crippen molar-refractivity contribution < 1.29 is 32.2 Å². The summed E-state index contributed by atoms with van der Waals surface area (Å²) in [5.74, 6) is -3.38. The standard InChI is InChI=1S/C14H18FNO6S/c1-8(2)13(14(18)19)16-23(20,21)10-5-4-9(11(15)7-10)6-12(17)22-3/h4-5,7-8,13,16H,6H2,1-3H3,(H,18,19). The number of aliphatic carboxylic acids is 1. The number of sulfonamides is 1. The maximum Gasteiger partial charge on any atom is 0.322 e. The number of esters is 1. The molecule has 9 heteroatoms. The van der Waals surface area contributed by atoms with E-state index in [0.29, 0.717) is 0 Å². The van der Waals surface area contributed by atoms with Gasteiger partial charge in [-0.3, -0.25) is 9.59 Å². The Balaban J connectivity index is 3.08. The van der Waals surface area contributed by atoms with Crippen molar-refractivity contribution in [3.8, 4) is 0 Å². The molecule has 0 saturated heterocycles. The van der Waals surface area contributed by atoms with Gasteiger partial charge in [-0.1, -0.05) is 19.9 Å². The minimum atomic E-state index is -4.21. The predicted molar refractivity (Wildman–Crippen MR) is 78.7 cm³/mol. The average Bonchev–Trinajstić information content (AvgIpc) is 2.46. The van der Waals surface area contributed by atoms with Crippen LogP contribution in [0.5, 0.6) is 0 Å². The fourth-order valence-electron chi connectivity index (χ4n) is 1.77. The summed E-state index contributed by atoms with van der Waals surface area (Å²) in [5, 5.41) is 9.03. The van der Waals surface area contributed by atoms with Gasteiger partial charge in [0, 0.05) is 0 Å². The molecule has 0 fully saturated rings. The van der Waals surface area contributed by atoms with Crippen LogP contribution in [-0.4, -0.2) is 38.6 Å². The molecule has 7 nitrogen and oxygen atoms in total. The molecule has 128 valence electrons. The molecule has 0 aliphatic heterocycles. The van der Waals surface area contributed by atoms with Crippen molar-refractivity contribution in [1.82, 2.24) is 4.72 Å². The topological polar surface area (TPSA) is 110 Å². The molecule has 1 rings (SSSR count). The normalized spacial score (nSPS) is 12.9. The molecule has 0 aliphatic rings. The summed E-state index contributed by atoms with van der Waals surface area (Å²) in [6, 6.07) is 1.65. The van der Waals surface area contributed by atoms with Crippen molar-refractivity contribution in [3.05, 3.63) is 29.6 Å². The molecule has 1 aromatic rings. The summed E-state index contributed by atoms with van der Waals surface area (Å²) in [5.41, 5.74) is -0.0190. The van der Waals surface area contributed by atoms with Gasteiger partial charge in [-0.25, -0.2) is 12.8 Å². The number of methoxy groups -OCH3 is 1. The lowest BCUT2D eigenvalue weighted by molar-refractivity contribution is -0.140. The van der Waals surface area contributed by atoms with E-state index in [1.165, 1.54) is 0 Å². The lowest BCUT2D eigenvalue weighted by Gasteiger charge is -2.18. The molecule has 1 aromatic carbocycles. The first-order chi connectivity index (χ1) is 10.6. The number of carboxylic acids is 1. The van der Waals surface area contributed by atoms with Crippen LogP contribution in [-0.2, 0) is 30.8 Å². The summed E-state index contributed by atoms with van der Waals surface area (Å²) >= 11 is 0. The van der Waals surface area contributed by atoms with Crippen LogP contribution in [0.3, 0.4) is 0 Å². The van der Waals surface area contributed by atoms with Gasteiger partial charge < -0.3 is 9.84 Å². The lowest BCUT2D eigenvalue weighted by Crippen LogP contribution is -2.44. The maximum absolute atomic E-state index is 13.9. The van der Waals surface area contributed by atoms with E-state index in [-0.39, 0.29) is 12.0 Å². The summed E-state index contributed by atoms with van der Waals surface area (Å²) in [6.45, 7) is 3.09. The van der Waals surface area contributed by atoms with Gasteiger partial charge in [0.1, 0.15) is 11.9 Å². The smallest absolute Gasteiger partial charge is 0.322 e. The van der Waals surface area contributed by atoms with E-state index in [1.807, 2.05) is 4.72 Å². The Morgan fingerprint density at radius 2 is 1.96 bits per heavy atom. The van der Waals surface area contributed by atoms with Gasteiger partial charge in [0.25, 0.3) is 0 Å². The largest absolute Gasteiger partial charge is 0.480 e. The fourth-order valence-corrected chi connectivity index (χ4v) is 3.12. The van der Waals surface area contributed by atoms with Crippen molar-refractivity contribution in [3.63, 3.8) is 0 Å². The molecule has 0 aromatic heterocycles. The highest BCUT2D eigenvalue weighted by Gasteiger charge is 2.28. The molecule has 0 spiro atoms. The number of benzene rings is 1. The number of halogens is 1. The van der Waals surface area contributed by atoms with Crippen LogP contribution < -0.4 is 4.72 Å². The number of carbonyl (C=O) groups is 2. The Morgan fingerprint density at radius 1 is 1.35 bits per heavy atom. The molecule has 1 atom stereocenters. The SMILES string of the molecule is COC(=O)Cc1ccc(S(=O)(=O)NC(C(=O)O)C(C)C)cc1F. The second-order valence-corrected chi connectivity index (χ2v) is 6.90. The van der Waals surface area contributed by atoms with E-state index in [9.17, 15) is 22.4 Å². The van der Waals surface area contributed by atoms with Crippen LogP contribution >= 0.6 is 0 Å². The first-order valence-corrected chi connectivity index (χ1v) is 8.17. The Hall–Kier alpha value is -2.00. The Labute approximate surface area is 133 Å². The molecule has 0 saturated carbocycles. The van der Waals surface area contributed by atoms with Gasteiger partial charge in [0.2, 0.25) is 10.0 Å². The molecular weight excluding hydrogens is 329 g/mol. The molecule has 0 radical (unpaired) electrons. The minimum Gasteiger partial charge on any atom is -0.480 e. The Bertz CT molecular complexity index is 701. The van der Waals surface area contributed by atoms with E-state index in [4.69, 9.17) is 5.11 Å². The van der Waals surface area contributed by atoms with Gasteiger partial charge in [-0.2, -0.15) is 4.72 Å². The van der Waals surface area contributed by atoms with Crippen LogP contribution in [0.4, 0.5) is 4.39 Å². The molecule has 0 aliphatic carbocycles. The zero-order valence-electron chi connectivity index (χ0n) is 12.9. The highest BCUT2D eigenvalue weighted by molar-refractivity contribution is 7.89. The first kappa shape index (κ1) is 19.0. The van der Waals surface area contributed by atoms with Crippen molar-refractivity contribution in [2.24, 2.45) is 5.92 Å². The monoisotopic (exact) mass is 347 g/mol. The highest BCUT2D eigenvalue weighted by atomic mass is 32.2. The third kappa shape index (κ3) is 5.00. The number of carboxylic acid groups (broad SMARTS) is 1. The van der Waals surface area contributed by atoms with E-state index in [0.717, 1.165) is 25.3 Å². The van der Waals surface area contributed by atoms with E-state index in [1.54, 1.807) is 13.8 Å². The number of hydrogen-bond acceptors (Lipinski definition) is 5. The summed E-state index contributed by atoms with van der Waals surface area (Å²) in [6.07, 6.45) is -0.333. The van der Waals surface area contributed by atoms with Crippen molar-refractivity contribution in [1.29, 1.82) is 0 Å². The van der Waals surface area contributed by atoms with Crippen LogP contribution in [0.15, 0.2) is 23.1 Å². The highest BCUT2D eigenvalue weighted by Crippen LogP contribution is 2.17. The van der Waals surface area contributed by atoms with Crippen LogP contribution in [0.25, 0.3) is 0 Å². The van der Waals surface area contributed by atoms with Gasteiger partial charge in [0.15, 0.2) is 0 Å². The number of carbonyl (C=O) groups excluding carboxylic acids is 1. The number of hydrogen-bond donors (Lipinski definition) is 2. The van der Waals surface area contributed by atoms with Gasteiger partial charge in [0.05, 0.1) is 18.4 Å². The number of rotatable bonds is 7. The van der Waals surface area contributed by atoms with Gasteiger partial charge in [-0.15, -0.1) is 0 Å². The fraction of sp³-hybridized carbons (Fsp3) is 0.429. The van der Waals surface area contributed by atoms with Crippen molar-refractivity contribution in [2.45, 2.75) is 31.2 Å². The zero-order valence-corrected chi connectivity index (χ0v) is 13.7. The van der Waals surface area contributed by atoms with Crippen molar-refractivity contribution in [2.75, 3.05) is 7.11 Å². The molecule has 23 heavy (non-hydrogen) atoms. The quantitative estimate of drug-likeness (QED) is 0.710. The summed E-state index contributed by atoms with van der Waals surface area (Å²) in [4.78, 5) is 21.8. The van der Waals surface area contributed by atoms with E-state index >= 15 is 0 Å². The minimum absolute atomic E-state index is 0.0190.